The third-order valence-corrected chi connectivity index (χ3v) is 4.02. The van der Waals surface area contributed by atoms with Crippen LogP contribution in [0.4, 0.5) is 0 Å². The van der Waals surface area contributed by atoms with Crippen molar-refractivity contribution in [1.29, 1.82) is 0 Å². The molecule has 0 bridgehead atoms. The molecule has 1 atom stereocenters. The van der Waals surface area contributed by atoms with Gasteiger partial charge in [0.25, 0.3) is 5.22 Å². The summed E-state index contributed by atoms with van der Waals surface area (Å²) in [6.45, 7) is 4.09. The number of carbonyl (C=O) groups is 1. The van der Waals surface area contributed by atoms with Crippen molar-refractivity contribution in [3.05, 3.63) is 29.3 Å². The van der Waals surface area contributed by atoms with Crippen LogP contribution >= 0.6 is 23.4 Å². The number of rotatable bonds is 7. The zero-order valence-electron chi connectivity index (χ0n) is 12.5. The molecule has 0 radical (unpaired) electrons. The molecule has 0 saturated carbocycles. The Hall–Kier alpha value is -1.53. The first-order chi connectivity index (χ1) is 10.6. The number of benzene rings is 1. The normalized spacial score (nSPS) is 12.1. The lowest BCUT2D eigenvalue weighted by molar-refractivity contribution is -0.119. The van der Waals surface area contributed by atoms with Gasteiger partial charge in [0.15, 0.2) is 0 Å². The maximum Gasteiger partial charge on any atom is 0.277 e. The van der Waals surface area contributed by atoms with Gasteiger partial charge in [-0.1, -0.05) is 36.7 Å². The largest absolute Gasteiger partial charge is 0.411 e. The Morgan fingerprint density at radius 3 is 2.77 bits per heavy atom. The molecule has 1 amide bonds. The molecule has 2 rings (SSSR count). The van der Waals surface area contributed by atoms with Crippen molar-refractivity contribution in [3.63, 3.8) is 0 Å². The lowest BCUT2D eigenvalue weighted by Gasteiger charge is -2.11. The first kappa shape index (κ1) is 16.8. The summed E-state index contributed by atoms with van der Waals surface area (Å²) < 4.78 is 5.53. The number of amides is 1. The van der Waals surface area contributed by atoms with Gasteiger partial charge < -0.3 is 9.73 Å². The summed E-state index contributed by atoms with van der Waals surface area (Å²) in [4.78, 5) is 11.8. The highest BCUT2D eigenvalue weighted by Crippen LogP contribution is 2.24. The van der Waals surface area contributed by atoms with Crippen LogP contribution < -0.4 is 5.32 Å². The van der Waals surface area contributed by atoms with Crippen molar-refractivity contribution < 1.29 is 9.21 Å². The minimum absolute atomic E-state index is 0.0304. The number of nitrogens with one attached hydrogen (secondary N) is 1. The van der Waals surface area contributed by atoms with Gasteiger partial charge in [-0.05, 0) is 37.6 Å². The zero-order chi connectivity index (χ0) is 15.9. The molecule has 1 aromatic heterocycles. The highest BCUT2D eigenvalue weighted by atomic mass is 35.5. The standard InChI is InChI=1S/C15H18ClN3O2S/c1-3-4-10(2)17-13(20)9-22-15-19-18-14(21-15)11-5-7-12(16)8-6-11/h5-8,10H,3-4,9H2,1-2H3,(H,17,20). The quantitative estimate of drug-likeness (QED) is 0.777. The Kier molecular flexibility index (Phi) is 6.27. The molecule has 1 aromatic carbocycles. The lowest BCUT2D eigenvalue weighted by Crippen LogP contribution is -2.33. The van der Waals surface area contributed by atoms with E-state index in [1.54, 1.807) is 12.1 Å². The van der Waals surface area contributed by atoms with Crippen LogP contribution in [-0.2, 0) is 4.79 Å². The molecule has 5 nitrogen and oxygen atoms in total. The summed E-state index contributed by atoms with van der Waals surface area (Å²) in [5.74, 6) is 0.646. The number of halogens is 1. The molecule has 1 N–H and O–H groups in total. The predicted octanol–water partition coefficient (Wildman–Crippen LogP) is 3.79. The van der Waals surface area contributed by atoms with E-state index in [9.17, 15) is 4.79 Å². The minimum atomic E-state index is -0.0304. The van der Waals surface area contributed by atoms with Crippen molar-refractivity contribution in [2.75, 3.05) is 5.75 Å². The van der Waals surface area contributed by atoms with Gasteiger partial charge in [-0.2, -0.15) is 0 Å². The van der Waals surface area contributed by atoms with E-state index in [0.29, 0.717) is 16.1 Å². The van der Waals surface area contributed by atoms with Gasteiger partial charge in [0.05, 0.1) is 5.75 Å². The Labute approximate surface area is 138 Å². The fraction of sp³-hybridized carbons (Fsp3) is 0.400. The summed E-state index contributed by atoms with van der Waals surface area (Å²) in [5.41, 5.74) is 0.796. The maximum absolute atomic E-state index is 11.8. The van der Waals surface area contributed by atoms with E-state index in [1.807, 2.05) is 19.1 Å². The number of aromatic nitrogens is 2. The van der Waals surface area contributed by atoms with Crippen molar-refractivity contribution in [2.45, 2.75) is 38.0 Å². The van der Waals surface area contributed by atoms with Crippen LogP contribution in [0, 0.1) is 0 Å². The molecule has 0 aliphatic heterocycles. The van der Waals surface area contributed by atoms with E-state index in [1.165, 1.54) is 11.8 Å². The Balaban J connectivity index is 1.87. The molecule has 1 heterocycles. The van der Waals surface area contributed by atoms with Gasteiger partial charge in [0.1, 0.15) is 0 Å². The van der Waals surface area contributed by atoms with Crippen molar-refractivity contribution in [2.24, 2.45) is 0 Å². The topological polar surface area (TPSA) is 68.0 Å². The highest BCUT2D eigenvalue weighted by molar-refractivity contribution is 7.99. The molecular weight excluding hydrogens is 322 g/mol. The fourth-order valence-electron chi connectivity index (χ4n) is 1.93. The van der Waals surface area contributed by atoms with Crippen LogP contribution in [0.2, 0.25) is 5.02 Å². The van der Waals surface area contributed by atoms with Gasteiger partial charge in [-0.15, -0.1) is 10.2 Å². The molecule has 0 saturated heterocycles. The molecular formula is C15H18ClN3O2S. The van der Waals surface area contributed by atoms with Crippen LogP contribution in [0.1, 0.15) is 26.7 Å². The molecule has 2 aromatic rings. The van der Waals surface area contributed by atoms with Crippen LogP contribution in [0.25, 0.3) is 11.5 Å². The second-order valence-corrected chi connectivity index (χ2v) is 6.29. The minimum Gasteiger partial charge on any atom is -0.411 e. The first-order valence-electron chi connectivity index (χ1n) is 7.10. The van der Waals surface area contributed by atoms with E-state index in [0.717, 1.165) is 18.4 Å². The number of hydrogen-bond acceptors (Lipinski definition) is 5. The summed E-state index contributed by atoms with van der Waals surface area (Å²) in [5, 5.41) is 11.9. The predicted molar refractivity (Wildman–Crippen MR) is 88.0 cm³/mol. The molecule has 0 aliphatic carbocycles. The number of thioether (sulfide) groups is 1. The summed E-state index contributed by atoms with van der Waals surface area (Å²) >= 11 is 7.07. The third kappa shape index (κ3) is 5.03. The van der Waals surface area contributed by atoms with E-state index in [2.05, 4.69) is 22.4 Å². The van der Waals surface area contributed by atoms with E-state index in [-0.39, 0.29) is 17.7 Å². The molecule has 7 heteroatoms. The maximum atomic E-state index is 11.8. The molecule has 0 fully saturated rings. The number of carbonyl (C=O) groups excluding carboxylic acids is 1. The molecule has 22 heavy (non-hydrogen) atoms. The zero-order valence-corrected chi connectivity index (χ0v) is 14.1. The number of nitrogens with zero attached hydrogens (tertiary/aromatic N) is 2. The fourth-order valence-corrected chi connectivity index (χ4v) is 2.63. The smallest absolute Gasteiger partial charge is 0.277 e. The number of hydrogen-bond donors (Lipinski definition) is 1. The monoisotopic (exact) mass is 339 g/mol. The second kappa shape index (κ2) is 8.19. The summed E-state index contributed by atoms with van der Waals surface area (Å²) in [6, 6.07) is 7.32. The van der Waals surface area contributed by atoms with Gasteiger partial charge in [0, 0.05) is 16.6 Å². The van der Waals surface area contributed by atoms with E-state index in [4.69, 9.17) is 16.0 Å². The summed E-state index contributed by atoms with van der Waals surface area (Å²) in [7, 11) is 0. The summed E-state index contributed by atoms with van der Waals surface area (Å²) in [6.07, 6.45) is 2.01. The molecule has 118 valence electrons. The highest BCUT2D eigenvalue weighted by Gasteiger charge is 2.12. The van der Waals surface area contributed by atoms with Gasteiger partial charge >= 0.3 is 0 Å². The van der Waals surface area contributed by atoms with Crippen LogP contribution in [-0.4, -0.2) is 27.9 Å². The Bertz CT molecular complexity index is 616. The SMILES string of the molecule is CCCC(C)NC(=O)CSc1nnc(-c2ccc(Cl)cc2)o1. The van der Waals surface area contributed by atoms with Gasteiger partial charge in [0.2, 0.25) is 11.8 Å². The molecule has 0 aliphatic rings. The first-order valence-corrected chi connectivity index (χ1v) is 8.46. The Morgan fingerprint density at radius 1 is 1.36 bits per heavy atom. The van der Waals surface area contributed by atoms with Crippen molar-refractivity contribution in [1.82, 2.24) is 15.5 Å². The second-order valence-electron chi connectivity index (χ2n) is 4.93. The molecule has 0 spiro atoms. The van der Waals surface area contributed by atoms with Crippen LogP contribution in [0.15, 0.2) is 33.9 Å². The Morgan fingerprint density at radius 2 is 2.09 bits per heavy atom. The van der Waals surface area contributed by atoms with Gasteiger partial charge in [-0.25, -0.2) is 0 Å². The van der Waals surface area contributed by atoms with Crippen LogP contribution in [0.3, 0.4) is 0 Å². The van der Waals surface area contributed by atoms with E-state index < -0.39 is 0 Å². The van der Waals surface area contributed by atoms with Gasteiger partial charge in [-0.3, -0.25) is 4.79 Å². The average Bonchev–Trinajstić information content (AvgIpc) is 2.95. The van der Waals surface area contributed by atoms with E-state index >= 15 is 0 Å². The average molecular weight is 340 g/mol. The van der Waals surface area contributed by atoms with Crippen molar-refractivity contribution >= 4 is 29.3 Å². The molecule has 1 unspecified atom stereocenters. The third-order valence-electron chi connectivity index (χ3n) is 2.95. The lowest BCUT2D eigenvalue weighted by atomic mass is 10.2. The van der Waals surface area contributed by atoms with Crippen LogP contribution in [0.5, 0.6) is 0 Å². The van der Waals surface area contributed by atoms with Crippen molar-refractivity contribution in [3.8, 4) is 11.5 Å².